The van der Waals surface area contributed by atoms with Crippen LogP contribution in [0.15, 0.2) is 36.5 Å². The number of rotatable bonds is 2. The van der Waals surface area contributed by atoms with Crippen molar-refractivity contribution in [2.75, 3.05) is 5.43 Å². The number of aromatic nitrogens is 1. The highest BCUT2D eigenvalue weighted by molar-refractivity contribution is 5.90. The number of benzene rings is 1. The van der Waals surface area contributed by atoms with Crippen LogP contribution in [0.25, 0.3) is 10.9 Å². The van der Waals surface area contributed by atoms with Gasteiger partial charge in [-0.15, -0.1) is 0 Å². The summed E-state index contributed by atoms with van der Waals surface area (Å²) in [5, 5.41) is 9.34. The van der Waals surface area contributed by atoms with E-state index < -0.39 is 0 Å². The van der Waals surface area contributed by atoms with Crippen LogP contribution in [0.5, 0.6) is 0 Å². The summed E-state index contributed by atoms with van der Waals surface area (Å²) in [6, 6.07) is 9.50. The minimum atomic E-state index is 0.845. The normalized spacial score (nSPS) is 9.36. The quantitative estimate of drug-likeness (QED) is 0.423. The minimum absolute atomic E-state index is 0.845. The maximum Gasteiger partial charge on any atom is 0.197 e. The lowest BCUT2D eigenvalue weighted by Gasteiger charge is -2.05. The Morgan fingerprint density at radius 3 is 3.00 bits per heavy atom. The number of pyridine rings is 1. The number of nitrogens with one attached hydrogen (secondary N) is 2. The van der Waals surface area contributed by atoms with Crippen molar-refractivity contribution in [2.24, 2.45) is 0 Å². The number of nitriles is 1. The molecule has 0 saturated heterocycles. The van der Waals surface area contributed by atoms with Gasteiger partial charge < -0.3 is 0 Å². The summed E-state index contributed by atoms with van der Waals surface area (Å²) >= 11 is 0. The smallest absolute Gasteiger partial charge is 0.197 e. The van der Waals surface area contributed by atoms with E-state index in [4.69, 9.17) is 5.26 Å². The van der Waals surface area contributed by atoms with E-state index in [0.717, 1.165) is 16.6 Å². The number of fused-ring (bicyclic) bond motifs is 1. The summed E-state index contributed by atoms with van der Waals surface area (Å²) < 4.78 is 0. The molecule has 1 aromatic heterocycles. The SMILES string of the molecule is N#CNNc1cccc2ncccc12. The van der Waals surface area contributed by atoms with Crippen molar-refractivity contribution in [1.82, 2.24) is 10.4 Å². The van der Waals surface area contributed by atoms with E-state index in [1.54, 1.807) is 12.4 Å². The summed E-state index contributed by atoms with van der Waals surface area (Å²) in [6.45, 7) is 0. The fourth-order valence-electron chi connectivity index (χ4n) is 1.31. The molecule has 0 amide bonds. The third-order valence-corrected chi connectivity index (χ3v) is 1.90. The van der Waals surface area contributed by atoms with Gasteiger partial charge in [0.05, 0.1) is 11.2 Å². The molecule has 0 radical (unpaired) electrons. The Kier molecular flexibility index (Phi) is 2.15. The Bertz CT molecular complexity index is 481. The zero-order valence-electron chi connectivity index (χ0n) is 7.36. The highest BCUT2D eigenvalue weighted by atomic mass is 15.3. The Morgan fingerprint density at radius 1 is 1.21 bits per heavy atom. The number of hydrogen-bond donors (Lipinski definition) is 2. The van der Waals surface area contributed by atoms with Crippen LogP contribution in [0, 0.1) is 11.5 Å². The standard InChI is InChI=1S/C10H8N4/c11-7-13-14-10-5-1-4-9-8(10)3-2-6-12-9/h1-6,13-14H. The van der Waals surface area contributed by atoms with Gasteiger partial charge in [0.2, 0.25) is 0 Å². The Hall–Kier alpha value is -2.28. The van der Waals surface area contributed by atoms with Crippen LogP contribution in [0.2, 0.25) is 0 Å². The van der Waals surface area contributed by atoms with Gasteiger partial charge in [-0.3, -0.25) is 10.4 Å². The first-order chi connectivity index (χ1) is 6.92. The second kappa shape index (κ2) is 3.62. The summed E-state index contributed by atoms with van der Waals surface area (Å²) in [5.41, 5.74) is 6.92. The van der Waals surface area contributed by atoms with Gasteiger partial charge in [0.25, 0.3) is 0 Å². The van der Waals surface area contributed by atoms with E-state index in [-0.39, 0.29) is 0 Å². The maximum absolute atomic E-state index is 8.36. The van der Waals surface area contributed by atoms with Crippen molar-refractivity contribution < 1.29 is 0 Å². The zero-order valence-corrected chi connectivity index (χ0v) is 7.36. The third kappa shape index (κ3) is 1.43. The predicted octanol–water partition coefficient (Wildman–Crippen LogP) is 1.63. The van der Waals surface area contributed by atoms with E-state index >= 15 is 0 Å². The molecule has 0 bridgehead atoms. The molecule has 0 aliphatic rings. The molecule has 2 N–H and O–H groups in total. The molecule has 2 aromatic rings. The van der Waals surface area contributed by atoms with Crippen LogP contribution < -0.4 is 10.9 Å². The maximum atomic E-state index is 8.36. The van der Waals surface area contributed by atoms with Crippen LogP contribution in [-0.2, 0) is 0 Å². The average molecular weight is 184 g/mol. The molecule has 1 heterocycles. The predicted molar refractivity (Wildman–Crippen MR) is 54.1 cm³/mol. The number of nitrogens with zero attached hydrogens (tertiary/aromatic N) is 2. The van der Waals surface area contributed by atoms with Crippen LogP contribution >= 0.6 is 0 Å². The first kappa shape index (κ1) is 8.32. The molecular weight excluding hydrogens is 176 g/mol. The van der Waals surface area contributed by atoms with E-state index in [1.807, 2.05) is 30.3 Å². The minimum Gasteiger partial charge on any atom is -0.292 e. The first-order valence-electron chi connectivity index (χ1n) is 4.15. The highest BCUT2D eigenvalue weighted by Crippen LogP contribution is 2.19. The van der Waals surface area contributed by atoms with Crippen LogP contribution in [0.1, 0.15) is 0 Å². The molecule has 4 heteroatoms. The second-order valence-corrected chi connectivity index (χ2v) is 2.74. The molecule has 0 spiro atoms. The summed E-state index contributed by atoms with van der Waals surface area (Å²) in [5.74, 6) is 0. The third-order valence-electron chi connectivity index (χ3n) is 1.90. The topological polar surface area (TPSA) is 60.7 Å². The number of hydrogen-bond acceptors (Lipinski definition) is 4. The molecule has 4 nitrogen and oxygen atoms in total. The molecular formula is C10H8N4. The van der Waals surface area contributed by atoms with Crippen molar-refractivity contribution in [2.45, 2.75) is 0 Å². The zero-order chi connectivity index (χ0) is 9.80. The van der Waals surface area contributed by atoms with Crippen LogP contribution in [0.4, 0.5) is 5.69 Å². The summed E-state index contributed by atoms with van der Waals surface area (Å²) in [4.78, 5) is 4.20. The van der Waals surface area contributed by atoms with Crippen LogP contribution in [0.3, 0.4) is 0 Å². The monoisotopic (exact) mass is 184 g/mol. The fourth-order valence-corrected chi connectivity index (χ4v) is 1.31. The number of hydrazine groups is 1. The molecule has 0 saturated carbocycles. The fraction of sp³-hybridized carbons (Fsp3) is 0. The van der Waals surface area contributed by atoms with Gasteiger partial charge in [0, 0.05) is 11.6 Å². The molecule has 68 valence electrons. The van der Waals surface area contributed by atoms with Gasteiger partial charge in [-0.05, 0) is 24.3 Å². The average Bonchev–Trinajstić information content (AvgIpc) is 2.26. The Morgan fingerprint density at radius 2 is 2.14 bits per heavy atom. The van der Waals surface area contributed by atoms with E-state index in [2.05, 4.69) is 15.8 Å². The first-order valence-corrected chi connectivity index (χ1v) is 4.15. The lowest BCUT2D eigenvalue weighted by Crippen LogP contribution is -2.14. The summed E-state index contributed by atoms with van der Waals surface area (Å²) in [6.07, 6.45) is 3.54. The van der Waals surface area contributed by atoms with Gasteiger partial charge in [0.15, 0.2) is 6.19 Å². The molecule has 0 fully saturated rings. The largest absolute Gasteiger partial charge is 0.292 e. The molecule has 14 heavy (non-hydrogen) atoms. The molecule has 0 aliphatic carbocycles. The van der Waals surface area contributed by atoms with Gasteiger partial charge in [0.1, 0.15) is 0 Å². The Labute approximate surface area is 81.2 Å². The summed E-state index contributed by atoms with van der Waals surface area (Å²) in [7, 11) is 0. The van der Waals surface area contributed by atoms with Crippen molar-refractivity contribution in [3.05, 3.63) is 36.5 Å². The van der Waals surface area contributed by atoms with Gasteiger partial charge in [-0.25, -0.2) is 5.43 Å². The van der Waals surface area contributed by atoms with Crippen molar-refractivity contribution in [1.29, 1.82) is 5.26 Å². The van der Waals surface area contributed by atoms with Crippen LogP contribution in [-0.4, -0.2) is 4.98 Å². The van der Waals surface area contributed by atoms with Gasteiger partial charge in [-0.2, -0.15) is 5.26 Å². The van der Waals surface area contributed by atoms with E-state index in [9.17, 15) is 0 Å². The van der Waals surface area contributed by atoms with E-state index in [0.29, 0.717) is 0 Å². The lowest BCUT2D eigenvalue weighted by molar-refractivity contribution is 1.07. The van der Waals surface area contributed by atoms with Gasteiger partial charge in [-0.1, -0.05) is 6.07 Å². The second-order valence-electron chi connectivity index (χ2n) is 2.74. The molecule has 2 rings (SSSR count). The van der Waals surface area contributed by atoms with Crippen molar-refractivity contribution in [3.8, 4) is 6.19 Å². The van der Waals surface area contributed by atoms with Crippen molar-refractivity contribution in [3.63, 3.8) is 0 Å². The van der Waals surface area contributed by atoms with Crippen molar-refractivity contribution >= 4 is 16.6 Å². The Balaban J connectivity index is 2.49. The molecule has 1 aromatic carbocycles. The number of anilines is 1. The lowest BCUT2D eigenvalue weighted by atomic mass is 10.2. The molecule has 0 atom stereocenters. The molecule has 0 unspecified atom stereocenters. The van der Waals surface area contributed by atoms with Gasteiger partial charge >= 0.3 is 0 Å². The molecule has 0 aliphatic heterocycles. The van der Waals surface area contributed by atoms with E-state index in [1.165, 1.54) is 0 Å². The highest BCUT2D eigenvalue weighted by Gasteiger charge is 1.98.